The predicted molar refractivity (Wildman–Crippen MR) is 70.2 cm³/mol. The Balaban J connectivity index is 1.95. The van der Waals surface area contributed by atoms with E-state index >= 15 is 0 Å². The number of hydrogen-bond acceptors (Lipinski definition) is 5. The molecule has 0 aromatic carbocycles. The second-order valence-corrected chi connectivity index (χ2v) is 5.26. The summed E-state index contributed by atoms with van der Waals surface area (Å²) < 4.78 is 5.21. The van der Waals surface area contributed by atoms with Crippen molar-refractivity contribution in [1.29, 1.82) is 0 Å². The minimum absolute atomic E-state index is 0.537. The summed E-state index contributed by atoms with van der Waals surface area (Å²) in [6.07, 6.45) is 1.19. The number of rotatable bonds is 4. The molecule has 1 aromatic rings. The maximum atomic E-state index is 5.21. The van der Waals surface area contributed by atoms with E-state index in [1.165, 1.54) is 6.42 Å². The fourth-order valence-electron chi connectivity index (χ4n) is 2.79. The number of likely N-dealkylation sites (tertiary alicyclic amines) is 1. The van der Waals surface area contributed by atoms with E-state index in [1.807, 2.05) is 6.92 Å². The Hall–Kier alpha value is -0.940. The Morgan fingerprint density at radius 1 is 1.44 bits per heavy atom. The topological polar surface area (TPSA) is 54.2 Å². The number of piperidine rings is 1. The largest absolute Gasteiger partial charge is 0.338 e. The molecule has 2 heterocycles. The number of aryl methyl sites for hydroxylation is 1. The lowest BCUT2D eigenvalue weighted by Gasteiger charge is -2.42. The van der Waals surface area contributed by atoms with Gasteiger partial charge in [0.05, 0.1) is 6.54 Å². The third-order valence-corrected chi connectivity index (χ3v) is 4.07. The lowest BCUT2D eigenvalue weighted by atomic mass is 9.87. The van der Waals surface area contributed by atoms with Gasteiger partial charge < -0.3 is 9.84 Å². The molecule has 5 heteroatoms. The van der Waals surface area contributed by atoms with Gasteiger partial charge in [-0.05, 0) is 32.7 Å². The van der Waals surface area contributed by atoms with Crippen LogP contribution < -0.4 is 5.32 Å². The Labute approximate surface area is 109 Å². The molecule has 1 aliphatic rings. The summed E-state index contributed by atoms with van der Waals surface area (Å²) >= 11 is 0. The van der Waals surface area contributed by atoms with Gasteiger partial charge >= 0.3 is 0 Å². The molecule has 0 amide bonds. The summed E-state index contributed by atoms with van der Waals surface area (Å²) in [7, 11) is 0. The molecule has 1 aliphatic heterocycles. The molecule has 3 atom stereocenters. The van der Waals surface area contributed by atoms with Gasteiger partial charge in [0.2, 0.25) is 5.89 Å². The highest BCUT2D eigenvalue weighted by molar-refractivity contribution is 4.91. The van der Waals surface area contributed by atoms with E-state index in [2.05, 4.69) is 41.1 Å². The first-order chi connectivity index (χ1) is 8.61. The Morgan fingerprint density at radius 3 is 2.83 bits per heavy atom. The molecule has 18 heavy (non-hydrogen) atoms. The summed E-state index contributed by atoms with van der Waals surface area (Å²) in [5.74, 6) is 2.09. The molecule has 1 fully saturated rings. The minimum Gasteiger partial charge on any atom is -0.338 e. The van der Waals surface area contributed by atoms with Crippen molar-refractivity contribution >= 4 is 0 Å². The second-order valence-electron chi connectivity index (χ2n) is 5.26. The van der Waals surface area contributed by atoms with Crippen LogP contribution >= 0.6 is 0 Å². The quantitative estimate of drug-likeness (QED) is 0.882. The Kier molecular flexibility index (Phi) is 4.35. The van der Waals surface area contributed by atoms with Crippen LogP contribution in [-0.2, 0) is 6.54 Å². The van der Waals surface area contributed by atoms with Crippen molar-refractivity contribution in [3.8, 4) is 0 Å². The zero-order chi connectivity index (χ0) is 13.1. The van der Waals surface area contributed by atoms with E-state index in [-0.39, 0.29) is 0 Å². The SMILES string of the molecule is CCNC1CCN(Cc2nc(C)no2)C(C)C1C. The Bertz CT molecular complexity index is 379. The van der Waals surface area contributed by atoms with Gasteiger partial charge in [0.25, 0.3) is 0 Å². The third kappa shape index (κ3) is 2.90. The van der Waals surface area contributed by atoms with Crippen molar-refractivity contribution in [2.45, 2.75) is 52.7 Å². The van der Waals surface area contributed by atoms with Crippen LogP contribution in [0.1, 0.15) is 38.9 Å². The summed E-state index contributed by atoms with van der Waals surface area (Å²) in [6, 6.07) is 1.17. The van der Waals surface area contributed by atoms with E-state index in [9.17, 15) is 0 Å². The van der Waals surface area contributed by atoms with Gasteiger partial charge in [-0.25, -0.2) is 0 Å². The number of nitrogens with zero attached hydrogens (tertiary/aromatic N) is 3. The first-order valence-corrected chi connectivity index (χ1v) is 6.88. The third-order valence-electron chi connectivity index (χ3n) is 4.07. The number of hydrogen-bond donors (Lipinski definition) is 1. The molecule has 0 aliphatic carbocycles. The normalized spacial score (nSPS) is 29.7. The average molecular weight is 252 g/mol. The van der Waals surface area contributed by atoms with E-state index in [4.69, 9.17) is 4.52 Å². The predicted octanol–water partition coefficient (Wildman–Crippen LogP) is 1.59. The van der Waals surface area contributed by atoms with Gasteiger partial charge in [0.15, 0.2) is 5.82 Å². The molecule has 1 aromatic heterocycles. The van der Waals surface area contributed by atoms with Crippen LogP contribution in [0.2, 0.25) is 0 Å². The van der Waals surface area contributed by atoms with Gasteiger partial charge in [-0.2, -0.15) is 4.98 Å². The summed E-state index contributed by atoms with van der Waals surface area (Å²) in [5.41, 5.74) is 0. The summed E-state index contributed by atoms with van der Waals surface area (Å²) in [4.78, 5) is 6.72. The van der Waals surface area contributed by atoms with Crippen LogP contribution in [0.15, 0.2) is 4.52 Å². The van der Waals surface area contributed by atoms with Crippen molar-refractivity contribution in [3.63, 3.8) is 0 Å². The number of aromatic nitrogens is 2. The van der Waals surface area contributed by atoms with Crippen LogP contribution in [0.25, 0.3) is 0 Å². The van der Waals surface area contributed by atoms with E-state index in [0.29, 0.717) is 23.8 Å². The standard InChI is InChI=1S/C13H24N4O/c1-5-14-12-6-7-17(10(3)9(12)2)8-13-15-11(4)16-18-13/h9-10,12,14H,5-8H2,1-4H3. The van der Waals surface area contributed by atoms with Crippen LogP contribution in [0.4, 0.5) is 0 Å². The van der Waals surface area contributed by atoms with Gasteiger partial charge in [-0.1, -0.05) is 19.0 Å². The monoisotopic (exact) mass is 252 g/mol. The zero-order valence-electron chi connectivity index (χ0n) is 11.8. The lowest BCUT2D eigenvalue weighted by Crippen LogP contribution is -2.52. The number of nitrogens with one attached hydrogen (secondary N) is 1. The Morgan fingerprint density at radius 2 is 2.22 bits per heavy atom. The van der Waals surface area contributed by atoms with Crippen molar-refractivity contribution < 1.29 is 4.52 Å². The second kappa shape index (κ2) is 5.80. The van der Waals surface area contributed by atoms with Crippen LogP contribution in [-0.4, -0.2) is 40.2 Å². The van der Waals surface area contributed by atoms with Gasteiger partial charge in [0, 0.05) is 18.6 Å². The molecule has 3 unspecified atom stereocenters. The molecular weight excluding hydrogens is 228 g/mol. The average Bonchev–Trinajstić information content (AvgIpc) is 2.75. The first kappa shape index (κ1) is 13.5. The van der Waals surface area contributed by atoms with Gasteiger partial charge in [0.1, 0.15) is 0 Å². The highest BCUT2D eigenvalue weighted by Crippen LogP contribution is 2.24. The van der Waals surface area contributed by atoms with Crippen LogP contribution in [0.3, 0.4) is 0 Å². The fourth-order valence-corrected chi connectivity index (χ4v) is 2.79. The van der Waals surface area contributed by atoms with E-state index < -0.39 is 0 Å². The van der Waals surface area contributed by atoms with E-state index in [1.54, 1.807) is 0 Å². The molecule has 0 bridgehead atoms. The molecule has 5 nitrogen and oxygen atoms in total. The van der Waals surface area contributed by atoms with Gasteiger partial charge in [-0.3, -0.25) is 4.90 Å². The molecule has 0 saturated carbocycles. The van der Waals surface area contributed by atoms with Gasteiger partial charge in [-0.15, -0.1) is 0 Å². The zero-order valence-corrected chi connectivity index (χ0v) is 11.8. The molecule has 1 N–H and O–H groups in total. The van der Waals surface area contributed by atoms with Crippen molar-refractivity contribution in [2.24, 2.45) is 5.92 Å². The summed E-state index contributed by atoms with van der Waals surface area (Å²) in [6.45, 7) is 11.5. The van der Waals surface area contributed by atoms with E-state index in [0.717, 1.165) is 25.5 Å². The smallest absolute Gasteiger partial charge is 0.240 e. The molecule has 102 valence electrons. The summed E-state index contributed by atoms with van der Waals surface area (Å²) in [5, 5.41) is 7.42. The molecule has 1 saturated heterocycles. The molecule has 0 spiro atoms. The highest BCUT2D eigenvalue weighted by atomic mass is 16.5. The van der Waals surface area contributed by atoms with Crippen molar-refractivity contribution in [1.82, 2.24) is 20.4 Å². The molecule has 2 rings (SSSR count). The van der Waals surface area contributed by atoms with Crippen molar-refractivity contribution in [3.05, 3.63) is 11.7 Å². The first-order valence-electron chi connectivity index (χ1n) is 6.88. The minimum atomic E-state index is 0.537. The maximum Gasteiger partial charge on any atom is 0.240 e. The molecular formula is C13H24N4O. The van der Waals surface area contributed by atoms with Crippen molar-refractivity contribution in [2.75, 3.05) is 13.1 Å². The molecule has 0 radical (unpaired) electrons. The van der Waals surface area contributed by atoms with Crippen LogP contribution in [0, 0.1) is 12.8 Å². The lowest BCUT2D eigenvalue weighted by molar-refractivity contribution is 0.0695. The maximum absolute atomic E-state index is 5.21. The van der Waals surface area contributed by atoms with Crippen LogP contribution in [0.5, 0.6) is 0 Å². The fraction of sp³-hybridized carbons (Fsp3) is 0.846. The highest BCUT2D eigenvalue weighted by Gasteiger charge is 2.32.